The SMILES string of the molecule is COc1cc(OC)cc(-c2cc(-c3cc(N4CCCC4)ccc3C(F)(F)F)c(O)c3c2CCC3)c1. The zero-order chi connectivity index (χ0) is 24.7. The highest BCUT2D eigenvalue weighted by atomic mass is 19.4. The molecule has 4 nitrogen and oxygen atoms in total. The van der Waals surface area contributed by atoms with Gasteiger partial charge >= 0.3 is 6.18 Å². The predicted octanol–water partition coefficient (Wildman–Crippen LogP) is 6.85. The third kappa shape index (κ3) is 4.28. The monoisotopic (exact) mass is 483 g/mol. The van der Waals surface area contributed by atoms with Crippen molar-refractivity contribution in [3.05, 3.63) is 59.2 Å². The zero-order valence-electron chi connectivity index (χ0n) is 19.8. The number of fused-ring (bicyclic) bond motifs is 1. The van der Waals surface area contributed by atoms with E-state index in [0.717, 1.165) is 72.8 Å². The second kappa shape index (κ2) is 9.02. The first-order valence-corrected chi connectivity index (χ1v) is 11.9. The molecule has 0 radical (unpaired) electrons. The molecular formula is C28H28F3NO3. The molecule has 2 aliphatic rings. The number of anilines is 1. The molecule has 1 N–H and O–H groups in total. The fraction of sp³-hybridized carbons (Fsp3) is 0.357. The van der Waals surface area contributed by atoms with Crippen LogP contribution in [0.15, 0.2) is 42.5 Å². The van der Waals surface area contributed by atoms with Crippen molar-refractivity contribution in [2.45, 2.75) is 38.3 Å². The van der Waals surface area contributed by atoms with Crippen molar-refractivity contribution < 1.29 is 27.8 Å². The second-order valence-corrected chi connectivity index (χ2v) is 9.15. The zero-order valence-corrected chi connectivity index (χ0v) is 19.8. The van der Waals surface area contributed by atoms with Gasteiger partial charge in [-0.3, -0.25) is 0 Å². The Kier molecular flexibility index (Phi) is 6.03. The minimum Gasteiger partial charge on any atom is -0.507 e. The standard InChI is InChI=1S/C28H28F3NO3/c1-34-19-12-17(13-20(15-19)35-2)23-16-25(27(33)22-7-5-6-21(22)23)24-14-18(32-10-3-4-11-32)8-9-26(24)28(29,30)31/h8-9,12-16,33H,3-7,10-11H2,1-2H3. The lowest BCUT2D eigenvalue weighted by molar-refractivity contribution is -0.137. The quantitative estimate of drug-likeness (QED) is 0.431. The van der Waals surface area contributed by atoms with Crippen LogP contribution in [0.3, 0.4) is 0 Å². The number of alkyl halides is 3. The summed E-state index contributed by atoms with van der Waals surface area (Å²) in [5, 5.41) is 11.3. The number of benzene rings is 3. The normalized spacial score (nSPS) is 15.4. The number of phenols is 1. The number of nitrogens with zero attached hydrogens (tertiary/aromatic N) is 1. The first-order chi connectivity index (χ1) is 16.8. The molecule has 1 aliphatic carbocycles. The lowest BCUT2D eigenvalue weighted by Gasteiger charge is -2.23. The van der Waals surface area contributed by atoms with Crippen molar-refractivity contribution >= 4 is 5.69 Å². The van der Waals surface area contributed by atoms with Crippen molar-refractivity contribution in [3.8, 4) is 39.5 Å². The van der Waals surface area contributed by atoms with Crippen LogP contribution in [0.25, 0.3) is 22.3 Å². The van der Waals surface area contributed by atoms with Crippen LogP contribution in [0.4, 0.5) is 18.9 Å². The number of rotatable bonds is 5. The van der Waals surface area contributed by atoms with Crippen LogP contribution >= 0.6 is 0 Å². The van der Waals surface area contributed by atoms with E-state index < -0.39 is 11.7 Å². The number of hydrogen-bond donors (Lipinski definition) is 1. The fourth-order valence-corrected chi connectivity index (χ4v) is 5.36. The number of ether oxygens (including phenoxy) is 2. The molecule has 7 heteroatoms. The molecule has 0 bridgehead atoms. The van der Waals surface area contributed by atoms with Crippen molar-refractivity contribution in [3.63, 3.8) is 0 Å². The minimum atomic E-state index is -4.55. The van der Waals surface area contributed by atoms with E-state index in [9.17, 15) is 18.3 Å². The number of hydrogen-bond acceptors (Lipinski definition) is 4. The largest absolute Gasteiger partial charge is 0.507 e. The van der Waals surface area contributed by atoms with Gasteiger partial charge in [-0.25, -0.2) is 0 Å². The maximum absolute atomic E-state index is 14.1. The summed E-state index contributed by atoms with van der Waals surface area (Å²) < 4.78 is 53.3. The van der Waals surface area contributed by atoms with Crippen molar-refractivity contribution in [1.82, 2.24) is 0 Å². The van der Waals surface area contributed by atoms with Crippen LogP contribution in [0.1, 0.15) is 36.0 Å². The molecule has 3 aromatic rings. The Morgan fingerprint density at radius 2 is 1.43 bits per heavy atom. The fourth-order valence-electron chi connectivity index (χ4n) is 5.36. The van der Waals surface area contributed by atoms with Crippen molar-refractivity contribution in [2.75, 3.05) is 32.2 Å². The molecular weight excluding hydrogens is 455 g/mol. The third-order valence-electron chi connectivity index (χ3n) is 7.10. The summed E-state index contributed by atoms with van der Waals surface area (Å²) in [5.41, 5.74) is 3.47. The van der Waals surface area contributed by atoms with Gasteiger partial charge < -0.3 is 19.5 Å². The first kappa shape index (κ1) is 23.4. The topological polar surface area (TPSA) is 41.9 Å². The summed E-state index contributed by atoms with van der Waals surface area (Å²) in [4.78, 5) is 2.10. The van der Waals surface area contributed by atoms with Crippen LogP contribution in [-0.4, -0.2) is 32.4 Å². The van der Waals surface area contributed by atoms with Gasteiger partial charge in [-0.1, -0.05) is 0 Å². The van der Waals surface area contributed by atoms with Gasteiger partial charge in [0.1, 0.15) is 17.2 Å². The third-order valence-corrected chi connectivity index (χ3v) is 7.10. The summed E-state index contributed by atoms with van der Waals surface area (Å²) in [6, 6.07) is 11.4. The van der Waals surface area contributed by atoms with E-state index in [1.165, 1.54) is 6.07 Å². The van der Waals surface area contributed by atoms with Gasteiger partial charge in [-0.05, 0) is 96.3 Å². The van der Waals surface area contributed by atoms with Gasteiger partial charge in [0.25, 0.3) is 0 Å². The molecule has 1 aliphatic heterocycles. The molecule has 184 valence electrons. The Bertz CT molecular complexity index is 1240. The summed E-state index contributed by atoms with van der Waals surface area (Å²) in [7, 11) is 3.12. The van der Waals surface area contributed by atoms with Gasteiger partial charge in [0, 0.05) is 30.4 Å². The maximum atomic E-state index is 14.1. The molecule has 0 atom stereocenters. The molecule has 0 unspecified atom stereocenters. The van der Waals surface area contributed by atoms with E-state index in [1.807, 2.05) is 12.1 Å². The second-order valence-electron chi connectivity index (χ2n) is 9.15. The van der Waals surface area contributed by atoms with E-state index in [0.29, 0.717) is 17.9 Å². The molecule has 0 saturated carbocycles. The molecule has 3 aromatic carbocycles. The van der Waals surface area contributed by atoms with E-state index in [1.54, 1.807) is 32.4 Å². The summed E-state index contributed by atoms with van der Waals surface area (Å²) in [5.74, 6) is 1.13. The summed E-state index contributed by atoms with van der Waals surface area (Å²) >= 11 is 0. The summed E-state index contributed by atoms with van der Waals surface area (Å²) in [6.45, 7) is 1.63. The predicted molar refractivity (Wildman–Crippen MR) is 131 cm³/mol. The van der Waals surface area contributed by atoms with Crippen LogP contribution in [0.5, 0.6) is 17.2 Å². The Labute approximate surface area is 202 Å². The average molecular weight is 484 g/mol. The summed E-state index contributed by atoms with van der Waals surface area (Å²) in [6.07, 6.45) is -0.317. The van der Waals surface area contributed by atoms with Gasteiger partial charge in [0.15, 0.2) is 0 Å². The van der Waals surface area contributed by atoms with Crippen LogP contribution in [0.2, 0.25) is 0 Å². The number of methoxy groups -OCH3 is 2. The molecule has 1 saturated heterocycles. The molecule has 5 rings (SSSR count). The average Bonchev–Trinajstić information content (AvgIpc) is 3.56. The van der Waals surface area contributed by atoms with Crippen molar-refractivity contribution in [1.29, 1.82) is 0 Å². The molecule has 35 heavy (non-hydrogen) atoms. The van der Waals surface area contributed by atoms with Gasteiger partial charge in [0.05, 0.1) is 19.8 Å². The van der Waals surface area contributed by atoms with Gasteiger partial charge in [-0.15, -0.1) is 0 Å². The Hall–Kier alpha value is -3.35. The molecule has 1 fully saturated rings. The van der Waals surface area contributed by atoms with Crippen molar-refractivity contribution in [2.24, 2.45) is 0 Å². The Morgan fingerprint density at radius 3 is 2.06 bits per heavy atom. The van der Waals surface area contributed by atoms with E-state index >= 15 is 0 Å². The smallest absolute Gasteiger partial charge is 0.417 e. The molecule has 0 amide bonds. The Balaban J connectivity index is 1.76. The minimum absolute atomic E-state index is 0.00483. The maximum Gasteiger partial charge on any atom is 0.417 e. The Morgan fingerprint density at radius 1 is 0.771 bits per heavy atom. The molecule has 1 heterocycles. The van der Waals surface area contributed by atoms with E-state index in [-0.39, 0.29) is 16.9 Å². The molecule has 0 spiro atoms. The number of phenolic OH excluding ortho intramolecular Hbond substituents is 1. The molecule has 0 aromatic heterocycles. The van der Waals surface area contributed by atoms with Crippen LogP contribution in [-0.2, 0) is 19.0 Å². The lowest BCUT2D eigenvalue weighted by atomic mass is 9.88. The highest BCUT2D eigenvalue weighted by Crippen LogP contribution is 2.48. The van der Waals surface area contributed by atoms with Gasteiger partial charge in [-0.2, -0.15) is 13.2 Å². The highest BCUT2D eigenvalue weighted by molar-refractivity contribution is 5.86. The number of halogens is 3. The number of aromatic hydroxyl groups is 1. The highest BCUT2D eigenvalue weighted by Gasteiger charge is 2.36. The van der Waals surface area contributed by atoms with Gasteiger partial charge in [0.2, 0.25) is 0 Å². The van der Waals surface area contributed by atoms with E-state index in [4.69, 9.17) is 9.47 Å². The lowest BCUT2D eigenvalue weighted by Crippen LogP contribution is -2.18. The van der Waals surface area contributed by atoms with E-state index in [2.05, 4.69) is 4.90 Å². The van der Waals surface area contributed by atoms with Crippen LogP contribution < -0.4 is 14.4 Å². The van der Waals surface area contributed by atoms with Crippen LogP contribution in [0, 0.1) is 0 Å². The first-order valence-electron chi connectivity index (χ1n) is 11.9.